The minimum Gasteiger partial charge on any atom is -0.303 e. The van der Waals surface area contributed by atoms with Gasteiger partial charge in [-0.1, -0.05) is 6.92 Å². The van der Waals surface area contributed by atoms with Gasteiger partial charge in [0.2, 0.25) is 0 Å². The Hall–Kier alpha value is -0.830. The first kappa shape index (κ1) is 9.71. The van der Waals surface area contributed by atoms with Crippen molar-refractivity contribution in [3.8, 4) is 0 Å². The van der Waals surface area contributed by atoms with Gasteiger partial charge in [-0.05, 0) is 32.4 Å². The second-order valence-corrected chi connectivity index (χ2v) is 4.10. The Labute approximate surface area is 85.7 Å². The molecule has 0 bridgehead atoms. The Kier molecular flexibility index (Phi) is 2.87. The fourth-order valence-electron chi connectivity index (χ4n) is 2.14. The van der Waals surface area contributed by atoms with Crippen molar-refractivity contribution < 1.29 is 0 Å². The van der Waals surface area contributed by atoms with Gasteiger partial charge in [-0.3, -0.25) is 4.68 Å². The summed E-state index contributed by atoms with van der Waals surface area (Å²) in [7, 11) is 0. The van der Waals surface area contributed by atoms with Gasteiger partial charge in [0, 0.05) is 19.3 Å². The van der Waals surface area contributed by atoms with Gasteiger partial charge in [-0.15, -0.1) is 0 Å². The zero-order valence-electron chi connectivity index (χ0n) is 9.11. The van der Waals surface area contributed by atoms with Crippen LogP contribution in [-0.2, 0) is 0 Å². The number of piperidine rings is 1. The van der Waals surface area contributed by atoms with E-state index in [0.29, 0.717) is 6.04 Å². The molecule has 2 heterocycles. The highest BCUT2D eigenvalue weighted by molar-refractivity contribution is 4.96. The van der Waals surface area contributed by atoms with Crippen molar-refractivity contribution in [2.45, 2.75) is 32.7 Å². The van der Waals surface area contributed by atoms with Crippen LogP contribution in [0.2, 0.25) is 0 Å². The highest BCUT2D eigenvalue weighted by Crippen LogP contribution is 2.21. The first-order valence-corrected chi connectivity index (χ1v) is 5.53. The zero-order chi connectivity index (χ0) is 9.97. The Morgan fingerprint density at radius 3 is 2.64 bits per heavy atom. The summed E-state index contributed by atoms with van der Waals surface area (Å²) in [5, 5.41) is 4.48. The molecule has 1 aromatic heterocycles. The maximum absolute atomic E-state index is 4.48. The normalized spacial score (nSPS) is 20.1. The van der Waals surface area contributed by atoms with E-state index in [1.807, 2.05) is 0 Å². The SMILES string of the molecule is CCN1CCC(n2ccc(C)n2)CC1. The van der Waals surface area contributed by atoms with E-state index in [1.54, 1.807) is 0 Å². The van der Waals surface area contributed by atoms with Crippen molar-refractivity contribution in [2.24, 2.45) is 0 Å². The first-order chi connectivity index (χ1) is 6.79. The third-order valence-corrected chi connectivity index (χ3v) is 3.12. The molecule has 0 radical (unpaired) electrons. The largest absolute Gasteiger partial charge is 0.303 e. The van der Waals surface area contributed by atoms with Gasteiger partial charge in [0.05, 0.1) is 11.7 Å². The summed E-state index contributed by atoms with van der Waals surface area (Å²) in [5.74, 6) is 0. The van der Waals surface area contributed by atoms with Crippen LogP contribution in [0.1, 0.15) is 31.5 Å². The van der Waals surface area contributed by atoms with Crippen LogP contribution in [-0.4, -0.2) is 34.3 Å². The lowest BCUT2D eigenvalue weighted by atomic mass is 10.1. The zero-order valence-corrected chi connectivity index (χ0v) is 9.11. The fraction of sp³-hybridized carbons (Fsp3) is 0.727. The summed E-state index contributed by atoms with van der Waals surface area (Å²) < 4.78 is 2.14. The average Bonchev–Trinajstić information content (AvgIpc) is 2.65. The van der Waals surface area contributed by atoms with Crippen molar-refractivity contribution in [1.82, 2.24) is 14.7 Å². The molecule has 1 aliphatic heterocycles. The molecular formula is C11H19N3. The van der Waals surface area contributed by atoms with E-state index >= 15 is 0 Å². The fourth-order valence-corrected chi connectivity index (χ4v) is 2.14. The molecule has 1 aromatic rings. The smallest absolute Gasteiger partial charge is 0.0593 e. The molecule has 3 heteroatoms. The van der Waals surface area contributed by atoms with Crippen LogP contribution in [0.15, 0.2) is 12.3 Å². The van der Waals surface area contributed by atoms with Crippen LogP contribution in [0, 0.1) is 6.92 Å². The highest BCUT2D eigenvalue weighted by atomic mass is 15.3. The number of aromatic nitrogens is 2. The molecule has 0 aromatic carbocycles. The molecule has 1 saturated heterocycles. The second-order valence-electron chi connectivity index (χ2n) is 4.10. The van der Waals surface area contributed by atoms with E-state index in [0.717, 1.165) is 5.69 Å². The van der Waals surface area contributed by atoms with E-state index in [1.165, 1.54) is 32.5 Å². The van der Waals surface area contributed by atoms with E-state index in [-0.39, 0.29) is 0 Å². The number of hydrogen-bond donors (Lipinski definition) is 0. The van der Waals surface area contributed by atoms with Gasteiger partial charge >= 0.3 is 0 Å². The van der Waals surface area contributed by atoms with E-state index in [4.69, 9.17) is 0 Å². The summed E-state index contributed by atoms with van der Waals surface area (Å²) in [4.78, 5) is 2.51. The van der Waals surface area contributed by atoms with Gasteiger partial charge in [-0.2, -0.15) is 5.10 Å². The molecule has 0 atom stereocenters. The molecule has 0 N–H and O–H groups in total. The quantitative estimate of drug-likeness (QED) is 0.714. The maximum Gasteiger partial charge on any atom is 0.0593 e. The summed E-state index contributed by atoms with van der Waals surface area (Å²) in [6, 6.07) is 2.72. The Morgan fingerprint density at radius 2 is 2.14 bits per heavy atom. The third-order valence-electron chi connectivity index (χ3n) is 3.12. The van der Waals surface area contributed by atoms with Crippen molar-refractivity contribution in [2.75, 3.05) is 19.6 Å². The van der Waals surface area contributed by atoms with Gasteiger partial charge < -0.3 is 4.90 Å². The Bertz CT molecular complexity index is 284. The predicted molar refractivity (Wildman–Crippen MR) is 57.3 cm³/mol. The number of nitrogens with zero attached hydrogens (tertiary/aromatic N) is 3. The van der Waals surface area contributed by atoms with Gasteiger partial charge in [0.1, 0.15) is 0 Å². The van der Waals surface area contributed by atoms with E-state index < -0.39 is 0 Å². The molecular weight excluding hydrogens is 174 g/mol. The van der Waals surface area contributed by atoms with Crippen LogP contribution in [0.4, 0.5) is 0 Å². The topological polar surface area (TPSA) is 21.1 Å². The van der Waals surface area contributed by atoms with Gasteiger partial charge in [0.25, 0.3) is 0 Å². The van der Waals surface area contributed by atoms with Crippen molar-refractivity contribution in [3.05, 3.63) is 18.0 Å². The van der Waals surface area contributed by atoms with E-state index in [9.17, 15) is 0 Å². The van der Waals surface area contributed by atoms with Crippen LogP contribution in [0.5, 0.6) is 0 Å². The number of hydrogen-bond acceptors (Lipinski definition) is 2. The molecule has 0 unspecified atom stereocenters. The molecule has 14 heavy (non-hydrogen) atoms. The molecule has 0 spiro atoms. The Balaban J connectivity index is 1.95. The summed E-state index contributed by atoms with van der Waals surface area (Å²) in [6.07, 6.45) is 4.60. The van der Waals surface area contributed by atoms with Crippen LogP contribution in [0.25, 0.3) is 0 Å². The summed E-state index contributed by atoms with van der Waals surface area (Å²) in [5.41, 5.74) is 1.13. The van der Waals surface area contributed by atoms with Crippen molar-refractivity contribution in [3.63, 3.8) is 0 Å². The van der Waals surface area contributed by atoms with Crippen molar-refractivity contribution in [1.29, 1.82) is 0 Å². The molecule has 3 nitrogen and oxygen atoms in total. The van der Waals surface area contributed by atoms with Crippen molar-refractivity contribution >= 4 is 0 Å². The molecule has 78 valence electrons. The van der Waals surface area contributed by atoms with Gasteiger partial charge in [0.15, 0.2) is 0 Å². The molecule has 2 rings (SSSR count). The predicted octanol–water partition coefficient (Wildman–Crippen LogP) is 1.85. The number of rotatable bonds is 2. The van der Waals surface area contributed by atoms with Crippen LogP contribution in [0.3, 0.4) is 0 Å². The first-order valence-electron chi connectivity index (χ1n) is 5.53. The second kappa shape index (κ2) is 4.13. The molecule has 1 aliphatic rings. The molecule has 0 aliphatic carbocycles. The summed E-state index contributed by atoms with van der Waals surface area (Å²) >= 11 is 0. The lowest BCUT2D eigenvalue weighted by Crippen LogP contribution is -2.34. The van der Waals surface area contributed by atoms with Gasteiger partial charge in [-0.25, -0.2) is 0 Å². The lowest BCUT2D eigenvalue weighted by Gasteiger charge is -2.31. The monoisotopic (exact) mass is 193 g/mol. The lowest BCUT2D eigenvalue weighted by molar-refractivity contribution is 0.187. The molecule has 0 saturated carbocycles. The third kappa shape index (κ3) is 1.98. The Morgan fingerprint density at radius 1 is 1.43 bits per heavy atom. The average molecular weight is 193 g/mol. The number of aryl methyl sites for hydroxylation is 1. The molecule has 0 amide bonds. The standard InChI is InChI=1S/C11H19N3/c1-3-13-7-5-11(6-8-13)14-9-4-10(2)12-14/h4,9,11H,3,5-8H2,1-2H3. The minimum atomic E-state index is 0.631. The molecule has 1 fully saturated rings. The highest BCUT2D eigenvalue weighted by Gasteiger charge is 2.19. The van der Waals surface area contributed by atoms with Crippen LogP contribution < -0.4 is 0 Å². The number of likely N-dealkylation sites (tertiary alicyclic amines) is 1. The maximum atomic E-state index is 4.48. The summed E-state index contributed by atoms with van der Waals surface area (Å²) in [6.45, 7) is 7.92. The minimum absolute atomic E-state index is 0.631. The van der Waals surface area contributed by atoms with Crippen LogP contribution >= 0.6 is 0 Å². The van der Waals surface area contributed by atoms with E-state index in [2.05, 4.69) is 40.8 Å².